The first kappa shape index (κ1) is 22.2. The van der Waals surface area contributed by atoms with E-state index in [-0.39, 0.29) is 17.2 Å². The van der Waals surface area contributed by atoms with Crippen molar-refractivity contribution in [3.8, 4) is 0 Å². The number of carbonyl (C=O) groups excluding carboxylic acids is 1. The molecule has 0 spiro atoms. The molecule has 1 rings (SSSR count). The Morgan fingerprint density at radius 3 is 2.74 bits per heavy atom. The summed E-state index contributed by atoms with van der Waals surface area (Å²) in [4.78, 5) is 16.0. The lowest BCUT2D eigenvalue weighted by atomic mass is 9.80. The fraction of sp³-hybridized carbons (Fsp3) is 0.450. The molecule has 0 radical (unpaired) electrons. The van der Waals surface area contributed by atoms with Crippen LogP contribution in [-0.4, -0.2) is 29.0 Å². The molecule has 4 N–H and O–H groups in total. The van der Waals surface area contributed by atoms with Gasteiger partial charge in [-0.15, -0.1) is 0 Å². The smallest absolute Gasteiger partial charge is 0.248 e. The maximum Gasteiger partial charge on any atom is 0.248 e. The third-order valence-corrected chi connectivity index (χ3v) is 4.13. The molecule has 0 aliphatic heterocycles. The predicted octanol–water partition coefficient (Wildman–Crippen LogP) is 4.31. The van der Waals surface area contributed by atoms with Crippen molar-refractivity contribution in [2.45, 2.75) is 46.0 Å². The van der Waals surface area contributed by atoms with Gasteiger partial charge in [-0.1, -0.05) is 42.5 Å². The Kier molecular flexibility index (Phi) is 9.64. The molecule has 0 aromatic heterocycles. The van der Waals surface area contributed by atoms with Gasteiger partial charge in [0.25, 0.3) is 0 Å². The lowest BCUT2D eigenvalue weighted by Gasteiger charge is -2.24. The van der Waals surface area contributed by atoms with Crippen LogP contribution < -0.4 is 5.73 Å². The zero-order valence-corrected chi connectivity index (χ0v) is 16.2. The van der Waals surface area contributed by atoms with Gasteiger partial charge in [-0.05, 0) is 50.2 Å². The van der Waals surface area contributed by atoms with Crippen molar-refractivity contribution in [1.29, 1.82) is 10.9 Å². The zero-order valence-electron chi connectivity index (χ0n) is 16.2. The van der Waals surface area contributed by atoms with Gasteiger partial charge in [0.15, 0.2) is 0 Å². The molecule has 7 nitrogen and oxygen atoms in total. The Morgan fingerprint density at radius 1 is 1.33 bits per heavy atom. The van der Waals surface area contributed by atoms with Crippen molar-refractivity contribution >= 4 is 17.5 Å². The van der Waals surface area contributed by atoms with Gasteiger partial charge >= 0.3 is 0 Å². The summed E-state index contributed by atoms with van der Waals surface area (Å²) in [7, 11) is 0. The number of nitrogens with one attached hydrogen (secondary N) is 2. The molecule has 1 amide bonds. The number of amidine groups is 1. The van der Waals surface area contributed by atoms with E-state index in [2.05, 4.69) is 10.2 Å². The molecule has 1 unspecified atom stereocenters. The number of rotatable bonds is 11. The molecule has 0 aromatic carbocycles. The van der Waals surface area contributed by atoms with Gasteiger partial charge in [-0.3, -0.25) is 9.80 Å². The van der Waals surface area contributed by atoms with Crippen LogP contribution in [0.2, 0.25) is 0 Å². The number of amides is 1. The predicted molar refractivity (Wildman–Crippen MR) is 110 cm³/mol. The first-order valence-corrected chi connectivity index (χ1v) is 9.12. The minimum Gasteiger partial charge on any atom is -0.384 e. The van der Waals surface area contributed by atoms with E-state index < -0.39 is 0 Å². The first-order chi connectivity index (χ1) is 12.9. The Hall–Kier alpha value is -2.83. The zero-order chi connectivity index (χ0) is 20.1. The number of unbranched alkanes of at least 4 members (excludes halogenated alkanes) is 1. The van der Waals surface area contributed by atoms with Crippen LogP contribution in [0.25, 0.3) is 0 Å². The monoisotopic (exact) mass is 370 g/mol. The number of hydrogen-bond donors (Lipinski definition) is 3. The quantitative estimate of drug-likeness (QED) is 0.165. The van der Waals surface area contributed by atoms with Crippen LogP contribution in [0.3, 0.4) is 0 Å². The molecule has 1 atom stereocenters. The average Bonchev–Trinajstić information content (AvgIpc) is 2.62. The number of nitrogens with zero attached hydrogens (tertiary/aromatic N) is 3. The van der Waals surface area contributed by atoms with Crippen LogP contribution in [0.4, 0.5) is 0 Å². The van der Waals surface area contributed by atoms with Gasteiger partial charge in [-0.25, -0.2) is 0 Å². The molecule has 0 aromatic rings. The molecular formula is C20H30N6O. The average molecular weight is 371 g/mol. The van der Waals surface area contributed by atoms with E-state index in [4.69, 9.17) is 16.7 Å². The Labute approximate surface area is 161 Å². The molecule has 0 bridgehead atoms. The molecule has 0 saturated heterocycles. The summed E-state index contributed by atoms with van der Waals surface area (Å²) >= 11 is 0. The second-order valence-electron chi connectivity index (χ2n) is 6.81. The number of carbonyl (C=O) groups is 1. The Morgan fingerprint density at radius 2 is 2.11 bits per heavy atom. The highest BCUT2D eigenvalue weighted by Crippen LogP contribution is 2.31. The molecule has 0 fully saturated rings. The van der Waals surface area contributed by atoms with Crippen molar-refractivity contribution in [1.82, 2.24) is 5.01 Å². The van der Waals surface area contributed by atoms with E-state index in [1.165, 1.54) is 6.08 Å². The van der Waals surface area contributed by atoms with E-state index in [1.807, 2.05) is 44.2 Å². The van der Waals surface area contributed by atoms with Gasteiger partial charge in [0.05, 0.1) is 0 Å². The summed E-state index contributed by atoms with van der Waals surface area (Å²) in [5.41, 5.74) is 13.0. The molecule has 27 heavy (non-hydrogen) atoms. The summed E-state index contributed by atoms with van der Waals surface area (Å²) in [6.45, 7) is 4.54. The van der Waals surface area contributed by atoms with Crippen LogP contribution in [-0.2, 0) is 4.79 Å². The lowest BCUT2D eigenvalue weighted by Crippen LogP contribution is -2.20. The summed E-state index contributed by atoms with van der Waals surface area (Å²) in [6, 6.07) is 0. The summed E-state index contributed by atoms with van der Waals surface area (Å²) in [5.74, 6) is -0.134. The van der Waals surface area contributed by atoms with Crippen LogP contribution in [0, 0.1) is 16.4 Å². The topological polar surface area (TPSA) is 119 Å². The highest BCUT2D eigenvalue weighted by Gasteiger charge is 2.24. The number of nitrogens with two attached hydrogens (primary N) is 1. The highest BCUT2D eigenvalue weighted by atomic mass is 16.1. The third-order valence-electron chi connectivity index (χ3n) is 4.13. The fourth-order valence-corrected chi connectivity index (χ4v) is 2.66. The van der Waals surface area contributed by atoms with Crippen LogP contribution in [0.1, 0.15) is 46.0 Å². The van der Waals surface area contributed by atoms with Crippen molar-refractivity contribution in [2.75, 3.05) is 6.54 Å². The SMILES string of the molecule is C/C=C/N(CCCCC(=N)/C=C\C(N)=NC(=O)CC1(C)C=CC=CC1)N=N. The van der Waals surface area contributed by atoms with E-state index in [1.54, 1.807) is 17.3 Å². The molecule has 146 valence electrons. The Bertz CT molecular complexity index is 674. The van der Waals surface area contributed by atoms with E-state index >= 15 is 0 Å². The number of allylic oxidation sites excluding steroid dienone is 6. The first-order valence-electron chi connectivity index (χ1n) is 9.12. The number of hydrogen-bond acceptors (Lipinski definition) is 4. The van der Waals surface area contributed by atoms with Crippen molar-refractivity contribution in [3.63, 3.8) is 0 Å². The third kappa shape index (κ3) is 9.44. The summed E-state index contributed by atoms with van der Waals surface area (Å²) in [6.07, 6.45) is 18.0. The summed E-state index contributed by atoms with van der Waals surface area (Å²) in [5, 5.41) is 12.9. The minimum absolute atomic E-state index is 0.121. The standard InChI is InChI=1S/C20H30N6O/c1-3-14-26(25-23)15-8-5-9-17(21)10-11-18(22)24-19(27)16-20(2)12-6-4-7-13-20/h3-4,6-7,10-12,14,21,23H,5,8-9,13,15-16H2,1-2H3,(H2,22,24,27)/b11-10-,14-3+,21-17?,25-23?. The van der Waals surface area contributed by atoms with Gasteiger partial charge in [0.2, 0.25) is 5.91 Å². The summed E-state index contributed by atoms with van der Waals surface area (Å²) < 4.78 is 0. The molecule has 1 aliphatic carbocycles. The van der Waals surface area contributed by atoms with Gasteiger partial charge in [-0.2, -0.15) is 10.5 Å². The molecule has 7 heteroatoms. The van der Waals surface area contributed by atoms with Crippen molar-refractivity contribution < 1.29 is 4.79 Å². The molecule has 0 heterocycles. The minimum atomic E-state index is -0.255. The van der Waals surface area contributed by atoms with Crippen LogP contribution in [0.15, 0.2) is 58.9 Å². The molecular weight excluding hydrogens is 340 g/mol. The normalized spacial score (nSPS) is 19.7. The van der Waals surface area contributed by atoms with Gasteiger partial charge in [0, 0.05) is 24.9 Å². The number of aliphatic imine (C=N–C) groups is 1. The van der Waals surface area contributed by atoms with E-state index in [0.29, 0.717) is 25.1 Å². The van der Waals surface area contributed by atoms with E-state index in [9.17, 15) is 4.79 Å². The van der Waals surface area contributed by atoms with Crippen molar-refractivity contribution in [2.24, 2.45) is 21.4 Å². The van der Waals surface area contributed by atoms with Gasteiger partial charge in [0.1, 0.15) is 5.84 Å². The highest BCUT2D eigenvalue weighted by molar-refractivity contribution is 6.04. The largest absolute Gasteiger partial charge is 0.384 e. The maximum atomic E-state index is 12.1. The van der Waals surface area contributed by atoms with Crippen molar-refractivity contribution in [3.05, 3.63) is 48.7 Å². The molecule has 1 aliphatic rings. The van der Waals surface area contributed by atoms with Crippen LogP contribution in [0.5, 0.6) is 0 Å². The molecule has 0 saturated carbocycles. The van der Waals surface area contributed by atoms with Gasteiger partial charge < -0.3 is 11.1 Å². The van der Waals surface area contributed by atoms with E-state index in [0.717, 1.165) is 19.3 Å². The second kappa shape index (κ2) is 11.7. The fourth-order valence-electron chi connectivity index (χ4n) is 2.66. The maximum absolute atomic E-state index is 12.1. The lowest BCUT2D eigenvalue weighted by molar-refractivity contribution is -0.119. The Balaban J connectivity index is 2.37. The van der Waals surface area contributed by atoms with Crippen LogP contribution >= 0.6 is 0 Å². The second-order valence-corrected chi connectivity index (χ2v) is 6.81.